The van der Waals surface area contributed by atoms with E-state index in [4.69, 9.17) is 26.4 Å². The molecule has 0 atom stereocenters. The maximum atomic E-state index is 11.7. The highest BCUT2D eigenvalue weighted by molar-refractivity contribution is 7.80. The largest absolute Gasteiger partial charge is 0.497 e. The molecule has 1 rings (SSSR count). The number of rotatable bonds is 8. The number of esters is 1. The minimum Gasteiger partial charge on any atom is -0.497 e. The Morgan fingerprint density at radius 1 is 1.17 bits per heavy atom. The van der Waals surface area contributed by atoms with E-state index in [1.165, 1.54) is 7.11 Å². The lowest BCUT2D eigenvalue weighted by Crippen LogP contribution is -2.34. The Morgan fingerprint density at radius 2 is 1.96 bits per heavy atom. The van der Waals surface area contributed by atoms with Gasteiger partial charge in [0.2, 0.25) is 5.91 Å². The van der Waals surface area contributed by atoms with Crippen molar-refractivity contribution in [3.63, 3.8) is 0 Å². The van der Waals surface area contributed by atoms with Crippen molar-refractivity contribution in [2.45, 2.75) is 12.8 Å². The second-order valence-corrected chi connectivity index (χ2v) is 4.86. The monoisotopic (exact) mass is 340 g/mol. The molecule has 0 saturated carbocycles. The fourth-order valence-electron chi connectivity index (χ4n) is 1.58. The molecule has 1 amide bonds. The van der Waals surface area contributed by atoms with Crippen molar-refractivity contribution in [1.82, 2.24) is 5.32 Å². The number of hydrogen-bond donors (Lipinski definition) is 2. The lowest BCUT2D eigenvalue weighted by Gasteiger charge is -2.10. The van der Waals surface area contributed by atoms with Gasteiger partial charge < -0.3 is 24.8 Å². The maximum Gasteiger partial charge on any atom is 0.306 e. The first-order valence-electron chi connectivity index (χ1n) is 6.94. The molecule has 126 valence electrons. The number of ether oxygens (including phenoxy) is 3. The standard InChI is InChI=1S/C15H20N2O5S/c1-20-8-9-22-14(19)7-6-13(18)17-15(23)16-11-4-3-5-12(10-11)21-2/h3-5,10H,6-9H2,1-2H3,(H2,16,17,18,23). The van der Waals surface area contributed by atoms with Crippen molar-refractivity contribution in [3.05, 3.63) is 24.3 Å². The lowest BCUT2D eigenvalue weighted by molar-refractivity contribution is -0.146. The first-order valence-corrected chi connectivity index (χ1v) is 7.35. The van der Waals surface area contributed by atoms with Crippen LogP contribution >= 0.6 is 12.2 Å². The number of anilines is 1. The normalized spacial score (nSPS) is 9.83. The summed E-state index contributed by atoms with van der Waals surface area (Å²) >= 11 is 5.04. The molecule has 0 aliphatic carbocycles. The molecule has 0 saturated heterocycles. The number of benzene rings is 1. The van der Waals surface area contributed by atoms with Crippen LogP contribution in [0.2, 0.25) is 0 Å². The fourth-order valence-corrected chi connectivity index (χ4v) is 1.81. The molecule has 1 aromatic carbocycles. The van der Waals surface area contributed by atoms with Gasteiger partial charge >= 0.3 is 5.97 Å². The molecule has 2 N–H and O–H groups in total. The second kappa shape index (κ2) is 10.5. The van der Waals surface area contributed by atoms with Crippen LogP contribution in [0.1, 0.15) is 12.8 Å². The summed E-state index contributed by atoms with van der Waals surface area (Å²) in [6.45, 7) is 0.499. The molecule has 0 aliphatic heterocycles. The summed E-state index contributed by atoms with van der Waals surface area (Å²) in [6.07, 6.45) is -0.0247. The van der Waals surface area contributed by atoms with Gasteiger partial charge in [-0.1, -0.05) is 6.07 Å². The zero-order valence-corrected chi connectivity index (χ0v) is 13.9. The van der Waals surface area contributed by atoms with E-state index in [0.29, 0.717) is 18.0 Å². The van der Waals surface area contributed by atoms with Gasteiger partial charge in [-0.25, -0.2) is 0 Å². The van der Waals surface area contributed by atoms with Crippen molar-refractivity contribution in [3.8, 4) is 5.75 Å². The highest BCUT2D eigenvalue weighted by Gasteiger charge is 2.09. The van der Waals surface area contributed by atoms with Gasteiger partial charge in [0.25, 0.3) is 0 Å². The summed E-state index contributed by atoms with van der Waals surface area (Å²) < 4.78 is 14.7. The third kappa shape index (κ3) is 8.12. The molecule has 0 heterocycles. The molecule has 0 bridgehead atoms. The average Bonchev–Trinajstić information content (AvgIpc) is 2.53. The number of methoxy groups -OCH3 is 2. The van der Waals surface area contributed by atoms with Gasteiger partial charge in [-0.2, -0.15) is 0 Å². The molecule has 7 nitrogen and oxygen atoms in total. The van der Waals surface area contributed by atoms with Gasteiger partial charge in [0.05, 0.1) is 20.1 Å². The Hall–Kier alpha value is -2.19. The quantitative estimate of drug-likeness (QED) is 0.421. The Balaban J connectivity index is 2.30. The highest BCUT2D eigenvalue weighted by Crippen LogP contribution is 2.16. The van der Waals surface area contributed by atoms with E-state index in [0.717, 1.165) is 0 Å². The zero-order chi connectivity index (χ0) is 17.1. The van der Waals surface area contributed by atoms with Crippen LogP contribution in [-0.4, -0.2) is 44.4 Å². The predicted octanol–water partition coefficient (Wildman–Crippen LogP) is 1.48. The smallest absolute Gasteiger partial charge is 0.306 e. The predicted molar refractivity (Wildman–Crippen MR) is 89.4 cm³/mol. The number of nitrogens with one attached hydrogen (secondary N) is 2. The zero-order valence-electron chi connectivity index (χ0n) is 13.1. The minimum absolute atomic E-state index is 0.00819. The molecule has 8 heteroatoms. The van der Waals surface area contributed by atoms with Crippen LogP contribution in [0.25, 0.3) is 0 Å². The molecule has 0 aromatic heterocycles. The number of carbonyl (C=O) groups is 2. The van der Waals surface area contributed by atoms with Crippen LogP contribution in [-0.2, 0) is 19.1 Å². The van der Waals surface area contributed by atoms with Gasteiger partial charge in [0.15, 0.2) is 5.11 Å². The third-order valence-electron chi connectivity index (χ3n) is 2.69. The first kappa shape index (κ1) is 18.9. The van der Waals surface area contributed by atoms with Crippen LogP contribution in [0.3, 0.4) is 0 Å². The van der Waals surface area contributed by atoms with Crippen molar-refractivity contribution in [2.75, 3.05) is 32.8 Å². The molecule has 0 aliphatic rings. The molecular weight excluding hydrogens is 320 g/mol. The van der Waals surface area contributed by atoms with Crippen LogP contribution in [0, 0.1) is 0 Å². The van der Waals surface area contributed by atoms with E-state index in [2.05, 4.69) is 10.6 Å². The van der Waals surface area contributed by atoms with Gasteiger partial charge in [0.1, 0.15) is 12.4 Å². The van der Waals surface area contributed by atoms with E-state index in [-0.39, 0.29) is 30.5 Å². The summed E-state index contributed by atoms with van der Waals surface area (Å²) in [5.41, 5.74) is 0.689. The molecule has 1 aromatic rings. The van der Waals surface area contributed by atoms with Crippen molar-refractivity contribution >= 4 is 34.9 Å². The molecule has 23 heavy (non-hydrogen) atoms. The highest BCUT2D eigenvalue weighted by atomic mass is 32.1. The summed E-state index contributed by atoms with van der Waals surface area (Å²) in [5.74, 6) is -0.152. The van der Waals surface area contributed by atoms with Crippen molar-refractivity contribution < 1.29 is 23.8 Å². The molecule has 0 spiro atoms. The number of hydrogen-bond acceptors (Lipinski definition) is 6. The fraction of sp³-hybridized carbons (Fsp3) is 0.400. The Bertz CT molecular complexity index is 550. The summed E-state index contributed by atoms with van der Waals surface area (Å²) in [6, 6.07) is 7.11. The number of amides is 1. The third-order valence-corrected chi connectivity index (χ3v) is 2.89. The van der Waals surface area contributed by atoms with Crippen molar-refractivity contribution in [2.24, 2.45) is 0 Å². The van der Waals surface area contributed by atoms with Gasteiger partial charge in [-0.15, -0.1) is 0 Å². The van der Waals surface area contributed by atoms with Crippen LogP contribution in [0.4, 0.5) is 5.69 Å². The number of thiocarbonyl (C=S) groups is 1. The molecule has 0 fully saturated rings. The Labute approximate surface area is 140 Å². The van der Waals surface area contributed by atoms with Crippen LogP contribution < -0.4 is 15.4 Å². The molecular formula is C15H20N2O5S. The number of carbonyl (C=O) groups excluding carboxylic acids is 2. The van der Waals surface area contributed by atoms with E-state index in [1.807, 2.05) is 0 Å². The average molecular weight is 340 g/mol. The maximum absolute atomic E-state index is 11.7. The van der Waals surface area contributed by atoms with E-state index in [9.17, 15) is 9.59 Å². The van der Waals surface area contributed by atoms with Crippen LogP contribution in [0.15, 0.2) is 24.3 Å². The Morgan fingerprint density at radius 3 is 2.65 bits per heavy atom. The first-order chi connectivity index (χ1) is 11.0. The summed E-state index contributed by atoms with van der Waals surface area (Å²) in [5, 5.41) is 5.51. The SMILES string of the molecule is COCCOC(=O)CCC(=O)NC(=S)Nc1cccc(OC)c1. The van der Waals surface area contributed by atoms with Crippen LogP contribution in [0.5, 0.6) is 5.75 Å². The summed E-state index contributed by atoms with van der Waals surface area (Å²) in [7, 11) is 3.07. The molecule has 0 radical (unpaired) electrons. The topological polar surface area (TPSA) is 85.9 Å². The van der Waals surface area contributed by atoms with Gasteiger partial charge in [-0.05, 0) is 24.4 Å². The van der Waals surface area contributed by atoms with Gasteiger partial charge in [-0.3, -0.25) is 9.59 Å². The Kier molecular flexibility index (Phi) is 8.63. The second-order valence-electron chi connectivity index (χ2n) is 4.45. The molecule has 0 unspecified atom stereocenters. The van der Waals surface area contributed by atoms with Crippen molar-refractivity contribution in [1.29, 1.82) is 0 Å². The lowest BCUT2D eigenvalue weighted by atomic mass is 10.3. The summed E-state index contributed by atoms with van der Waals surface area (Å²) in [4.78, 5) is 23.1. The van der Waals surface area contributed by atoms with Gasteiger partial charge in [0, 0.05) is 25.3 Å². The van der Waals surface area contributed by atoms with E-state index in [1.54, 1.807) is 31.4 Å². The van der Waals surface area contributed by atoms with E-state index >= 15 is 0 Å². The minimum atomic E-state index is -0.455. The van der Waals surface area contributed by atoms with E-state index < -0.39 is 5.97 Å².